The Morgan fingerprint density at radius 1 is 0.964 bits per heavy atom. The van der Waals surface area contributed by atoms with E-state index in [1.54, 1.807) is 41.2 Å². The number of aromatic nitrogens is 3. The standard InChI is InChI=1S/C21H18N4O2S/c26-28(27,16-6-2-1-3-7-16)24-21-14-19(15-11-12-15)23-25(21)20-10-4-9-18-17(20)8-5-13-22-18/h1-10,13-15,24H,11-12H2. The molecular weight excluding hydrogens is 372 g/mol. The Balaban J connectivity index is 1.65. The Morgan fingerprint density at radius 2 is 1.79 bits per heavy atom. The van der Waals surface area contributed by atoms with Gasteiger partial charge in [0.05, 0.1) is 21.8 Å². The molecule has 1 fully saturated rings. The molecule has 0 bridgehead atoms. The van der Waals surface area contributed by atoms with Gasteiger partial charge in [-0.2, -0.15) is 5.10 Å². The average molecular weight is 390 g/mol. The molecule has 0 aliphatic heterocycles. The number of rotatable bonds is 5. The van der Waals surface area contributed by atoms with Crippen LogP contribution in [0.4, 0.5) is 5.82 Å². The molecule has 0 radical (unpaired) electrons. The van der Waals surface area contributed by atoms with Gasteiger partial charge in [-0.1, -0.05) is 24.3 Å². The summed E-state index contributed by atoms with van der Waals surface area (Å²) in [5, 5.41) is 5.64. The van der Waals surface area contributed by atoms with Crippen LogP contribution in [-0.4, -0.2) is 23.2 Å². The molecule has 2 heterocycles. The lowest BCUT2D eigenvalue weighted by atomic mass is 10.2. The Labute approximate surface area is 162 Å². The fourth-order valence-electron chi connectivity index (χ4n) is 3.30. The summed E-state index contributed by atoms with van der Waals surface area (Å²) in [6.07, 6.45) is 3.90. The first kappa shape index (κ1) is 16.9. The summed E-state index contributed by atoms with van der Waals surface area (Å²) in [7, 11) is -3.72. The lowest BCUT2D eigenvalue weighted by molar-refractivity contribution is 0.600. The molecular formula is C21H18N4O2S. The van der Waals surface area contributed by atoms with E-state index in [9.17, 15) is 8.42 Å². The summed E-state index contributed by atoms with van der Waals surface area (Å²) in [5.41, 5.74) is 2.54. The molecule has 1 aliphatic rings. The summed E-state index contributed by atoms with van der Waals surface area (Å²) < 4.78 is 30.2. The monoisotopic (exact) mass is 390 g/mol. The van der Waals surface area contributed by atoms with Crippen molar-refractivity contribution in [1.29, 1.82) is 0 Å². The molecule has 140 valence electrons. The molecule has 0 unspecified atom stereocenters. The van der Waals surface area contributed by atoms with E-state index in [1.165, 1.54) is 0 Å². The fraction of sp³-hybridized carbons (Fsp3) is 0.143. The first-order valence-electron chi connectivity index (χ1n) is 9.14. The number of nitrogens with zero attached hydrogens (tertiary/aromatic N) is 3. The lowest BCUT2D eigenvalue weighted by Crippen LogP contribution is -2.16. The molecule has 28 heavy (non-hydrogen) atoms. The number of hydrogen-bond donors (Lipinski definition) is 1. The van der Waals surface area contributed by atoms with E-state index in [2.05, 4.69) is 9.71 Å². The third-order valence-electron chi connectivity index (χ3n) is 4.87. The first-order valence-corrected chi connectivity index (χ1v) is 10.6. The molecule has 1 N–H and O–H groups in total. The Kier molecular flexibility index (Phi) is 3.91. The molecule has 0 atom stereocenters. The zero-order chi connectivity index (χ0) is 19.1. The predicted octanol–water partition coefficient (Wildman–Crippen LogP) is 4.10. The number of pyridine rings is 1. The van der Waals surface area contributed by atoms with Crippen LogP contribution in [0.2, 0.25) is 0 Å². The number of hydrogen-bond acceptors (Lipinski definition) is 4. The van der Waals surface area contributed by atoms with Crippen LogP contribution in [0.3, 0.4) is 0 Å². The highest BCUT2D eigenvalue weighted by Crippen LogP contribution is 2.41. The molecule has 0 spiro atoms. The van der Waals surface area contributed by atoms with Crippen LogP contribution in [-0.2, 0) is 10.0 Å². The predicted molar refractivity (Wildman–Crippen MR) is 108 cm³/mol. The van der Waals surface area contributed by atoms with Crippen LogP contribution in [0.5, 0.6) is 0 Å². The summed E-state index contributed by atoms with van der Waals surface area (Å²) in [4.78, 5) is 4.61. The number of anilines is 1. The second-order valence-corrected chi connectivity index (χ2v) is 8.59. The minimum atomic E-state index is -3.72. The van der Waals surface area contributed by atoms with E-state index in [4.69, 9.17) is 5.10 Å². The third-order valence-corrected chi connectivity index (χ3v) is 6.24. The fourth-order valence-corrected chi connectivity index (χ4v) is 4.36. The topological polar surface area (TPSA) is 76.9 Å². The Bertz CT molecular complexity index is 1260. The Hall–Kier alpha value is -3.19. The van der Waals surface area contributed by atoms with Crippen LogP contribution in [0.15, 0.2) is 77.8 Å². The average Bonchev–Trinajstić information content (AvgIpc) is 3.49. The number of fused-ring (bicyclic) bond motifs is 1. The van der Waals surface area contributed by atoms with Gasteiger partial charge in [0.25, 0.3) is 10.0 Å². The van der Waals surface area contributed by atoms with E-state index < -0.39 is 10.0 Å². The highest BCUT2D eigenvalue weighted by molar-refractivity contribution is 7.92. The van der Waals surface area contributed by atoms with Crippen molar-refractivity contribution in [3.05, 3.63) is 78.6 Å². The van der Waals surface area contributed by atoms with Crippen molar-refractivity contribution < 1.29 is 8.42 Å². The van der Waals surface area contributed by atoms with Gasteiger partial charge in [-0.05, 0) is 49.2 Å². The van der Waals surface area contributed by atoms with Crippen molar-refractivity contribution in [3.63, 3.8) is 0 Å². The maximum atomic E-state index is 12.9. The smallest absolute Gasteiger partial charge is 0.263 e. The van der Waals surface area contributed by atoms with Crippen LogP contribution in [0, 0.1) is 0 Å². The van der Waals surface area contributed by atoms with Crippen LogP contribution >= 0.6 is 0 Å². The normalized spacial score (nSPS) is 14.3. The van der Waals surface area contributed by atoms with Crippen molar-refractivity contribution in [2.75, 3.05) is 4.72 Å². The molecule has 2 aromatic heterocycles. The van der Waals surface area contributed by atoms with Gasteiger partial charge < -0.3 is 0 Å². The third kappa shape index (κ3) is 3.03. The summed E-state index contributed by atoms with van der Waals surface area (Å²) >= 11 is 0. The minimum absolute atomic E-state index is 0.218. The molecule has 1 saturated carbocycles. The van der Waals surface area contributed by atoms with Gasteiger partial charge in [-0.3, -0.25) is 9.71 Å². The van der Waals surface area contributed by atoms with E-state index in [-0.39, 0.29) is 4.90 Å². The van der Waals surface area contributed by atoms with Gasteiger partial charge in [0.2, 0.25) is 0 Å². The minimum Gasteiger partial charge on any atom is -0.263 e. The van der Waals surface area contributed by atoms with Crippen molar-refractivity contribution in [1.82, 2.24) is 14.8 Å². The summed E-state index contributed by atoms with van der Waals surface area (Å²) in [6, 6.07) is 19.8. The molecule has 4 aromatic rings. The van der Waals surface area contributed by atoms with Crippen molar-refractivity contribution in [3.8, 4) is 5.69 Å². The summed E-state index contributed by atoms with van der Waals surface area (Å²) in [6.45, 7) is 0. The molecule has 5 rings (SSSR count). The zero-order valence-corrected chi connectivity index (χ0v) is 15.8. The number of benzene rings is 2. The largest absolute Gasteiger partial charge is 0.263 e. The molecule has 2 aromatic carbocycles. The van der Waals surface area contributed by atoms with E-state index in [1.807, 2.05) is 36.4 Å². The molecule has 0 amide bonds. The molecule has 7 heteroatoms. The van der Waals surface area contributed by atoms with Crippen LogP contribution in [0.25, 0.3) is 16.6 Å². The van der Waals surface area contributed by atoms with Gasteiger partial charge in [0.1, 0.15) is 5.82 Å². The van der Waals surface area contributed by atoms with E-state index in [0.29, 0.717) is 11.7 Å². The van der Waals surface area contributed by atoms with Gasteiger partial charge in [0.15, 0.2) is 0 Å². The first-order chi connectivity index (χ1) is 13.6. The zero-order valence-electron chi connectivity index (χ0n) is 15.0. The van der Waals surface area contributed by atoms with Crippen molar-refractivity contribution >= 4 is 26.7 Å². The highest BCUT2D eigenvalue weighted by atomic mass is 32.2. The lowest BCUT2D eigenvalue weighted by Gasteiger charge is -2.12. The Morgan fingerprint density at radius 3 is 2.57 bits per heavy atom. The quantitative estimate of drug-likeness (QED) is 0.557. The highest BCUT2D eigenvalue weighted by Gasteiger charge is 2.29. The maximum Gasteiger partial charge on any atom is 0.263 e. The van der Waals surface area contributed by atoms with Gasteiger partial charge >= 0.3 is 0 Å². The summed E-state index contributed by atoms with van der Waals surface area (Å²) in [5.74, 6) is 0.830. The van der Waals surface area contributed by atoms with E-state index >= 15 is 0 Å². The van der Waals surface area contributed by atoms with E-state index in [0.717, 1.165) is 35.1 Å². The van der Waals surface area contributed by atoms with Gasteiger partial charge in [-0.25, -0.2) is 13.1 Å². The second-order valence-electron chi connectivity index (χ2n) is 6.91. The molecule has 0 saturated heterocycles. The number of nitrogens with one attached hydrogen (secondary N) is 1. The van der Waals surface area contributed by atoms with Gasteiger partial charge in [0, 0.05) is 23.6 Å². The number of sulfonamides is 1. The molecule has 1 aliphatic carbocycles. The van der Waals surface area contributed by atoms with Crippen molar-refractivity contribution in [2.24, 2.45) is 0 Å². The van der Waals surface area contributed by atoms with Crippen LogP contribution < -0.4 is 4.72 Å². The van der Waals surface area contributed by atoms with Crippen LogP contribution in [0.1, 0.15) is 24.5 Å². The molecule has 6 nitrogen and oxygen atoms in total. The SMILES string of the molecule is O=S(=O)(Nc1cc(C2CC2)nn1-c1cccc2ncccc12)c1ccccc1. The van der Waals surface area contributed by atoms with Crippen molar-refractivity contribution in [2.45, 2.75) is 23.7 Å². The second kappa shape index (κ2) is 6.45. The maximum absolute atomic E-state index is 12.9. The van der Waals surface area contributed by atoms with Gasteiger partial charge in [-0.15, -0.1) is 0 Å².